The average molecular weight is 347 g/mol. The molecule has 0 bridgehead atoms. The summed E-state index contributed by atoms with van der Waals surface area (Å²) in [6.45, 7) is 1.63. The second kappa shape index (κ2) is 7.25. The molecule has 4 amide bonds. The molecule has 2 heterocycles. The van der Waals surface area contributed by atoms with E-state index >= 15 is 0 Å². The molecule has 1 atom stereocenters. The molecule has 7 heteroatoms. The monoisotopic (exact) mass is 347 g/mol. The standard InChI is InChI=1S/C17H21N3O3S/c1-24-11-12-3-2-8-19(9-12)16(22)13-4-6-14(7-5-13)20-10-15(21)18-17(20)23/h4-7,12H,2-3,8-11H2,1H3,(H,18,21,23)/t12-/m0/s1. The lowest BCUT2D eigenvalue weighted by molar-refractivity contribution is -0.117. The molecule has 0 aromatic heterocycles. The number of imide groups is 1. The maximum atomic E-state index is 12.7. The molecular formula is C17H21N3O3S. The predicted molar refractivity (Wildman–Crippen MR) is 94.3 cm³/mol. The average Bonchev–Trinajstić information content (AvgIpc) is 2.93. The van der Waals surface area contributed by atoms with Gasteiger partial charge in [0, 0.05) is 24.3 Å². The van der Waals surface area contributed by atoms with Gasteiger partial charge in [-0.05, 0) is 55.0 Å². The van der Waals surface area contributed by atoms with Gasteiger partial charge in [-0.1, -0.05) is 0 Å². The van der Waals surface area contributed by atoms with Crippen LogP contribution in [0, 0.1) is 5.92 Å². The lowest BCUT2D eigenvalue weighted by Gasteiger charge is -2.32. The third kappa shape index (κ3) is 3.56. The lowest BCUT2D eigenvalue weighted by atomic mass is 9.99. The molecule has 0 spiro atoms. The van der Waals surface area contributed by atoms with Crippen LogP contribution in [0.1, 0.15) is 23.2 Å². The normalized spacial score (nSPS) is 21.1. The fraction of sp³-hybridized carbons (Fsp3) is 0.471. The van der Waals surface area contributed by atoms with Gasteiger partial charge >= 0.3 is 6.03 Å². The van der Waals surface area contributed by atoms with Gasteiger partial charge in [0.2, 0.25) is 5.91 Å². The number of rotatable bonds is 4. The number of benzene rings is 1. The van der Waals surface area contributed by atoms with E-state index in [2.05, 4.69) is 11.6 Å². The Bertz CT molecular complexity index is 645. The first kappa shape index (κ1) is 16.8. The molecule has 128 valence electrons. The molecule has 1 N–H and O–H groups in total. The molecular weight excluding hydrogens is 326 g/mol. The van der Waals surface area contributed by atoms with Crippen molar-refractivity contribution in [2.24, 2.45) is 5.92 Å². The highest BCUT2D eigenvalue weighted by molar-refractivity contribution is 7.98. The molecule has 2 aliphatic heterocycles. The molecule has 1 aromatic carbocycles. The van der Waals surface area contributed by atoms with Crippen molar-refractivity contribution < 1.29 is 14.4 Å². The first-order valence-corrected chi connectivity index (χ1v) is 9.47. The number of nitrogens with zero attached hydrogens (tertiary/aromatic N) is 2. The van der Waals surface area contributed by atoms with Crippen molar-refractivity contribution in [2.45, 2.75) is 12.8 Å². The molecule has 6 nitrogen and oxygen atoms in total. The van der Waals surface area contributed by atoms with E-state index in [1.165, 1.54) is 11.3 Å². The zero-order chi connectivity index (χ0) is 17.1. The quantitative estimate of drug-likeness (QED) is 0.846. The zero-order valence-electron chi connectivity index (χ0n) is 13.7. The molecule has 24 heavy (non-hydrogen) atoms. The van der Waals surface area contributed by atoms with Gasteiger partial charge in [-0.25, -0.2) is 4.79 Å². The highest BCUT2D eigenvalue weighted by Gasteiger charge is 2.28. The largest absolute Gasteiger partial charge is 0.338 e. The third-order valence-electron chi connectivity index (χ3n) is 4.43. The van der Waals surface area contributed by atoms with E-state index in [-0.39, 0.29) is 18.4 Å². The van der Waals surface area contributed by atoms with Crippen LogP contribution in [-0.2, 0) is 4.79 Å². The van der Waals surface area contributed by atoms with E-state index in [1.54, 1.807) is 24.3 Å². The highest BCUT2D eigenvalue weighted by Crippen LogP contribution is 2.23. The molecule has 3 rings (SSSR count). The Morgan fingerprint density at radius 1 is 1.29 bits per heavy atom. The fourth-order valence-corrected chi connectivity index (χ4v) is 3.98. The third-order valence-corrected chi connectivity index (χ3v) is 5.23. The molecule has 2 aliphatic rings. The summed E-state index contributed by atoms with van der Waals surface area (Å²) in [5, 5.41) is 2.24. The first-order valence-electron chi connectivity index (χ1n) is 8.08. The van der Waals surface area contributed by atoms with Gasteiger partial charge < -0.3 is 4.90 Å². The van der Waals surface area contributed by atoms with Crippen molar-refractivity contribution in [3.05, 3.63) is 29.8 Å². The summed E-state index contributed by atoms with van der Waals surface area (Å²) in [6, 6.07) is 6.47. The van der Waals surface area contributed by atoms with E-state index < -0.39 is 6.03 Å². The van der Waals surface area contributed by atoms with Crippen molar-refractivity contribution in [1.82, 2.24) is 10.2 Å². The van der Waals surface area contributed by atoms with Crippen LogP contribution in [0.25, 0.3) is 0 Å². The minimum absolute atomic E-state index is 0.0224. The number of urea groups is 1. The van der Waals surface area contributed by atoms with Gasteiger partial charge in [-0.15, -0.1) is 0 Å². The first-order chi connectivity index (χ1) is 11.6. The Morgan fingerprint density at radius 3 is 2.67 bits per heavy atom. The van der Waals surface area contributed by atoms with E-state index in [1.807, 2.05) is 16.7 Å². The van der Waals surface area contributed by atoms with E-state index in [0.717, 1.165) is 25.3 Å². The van der Waals surface area contributed by atoms with E-state index in [4.69, 9.17) is 0 Å². The fourth-order valence-electron chi connectivity index (χ4n) is 3.24. The number of hydrogen-bond donors (Lipinski definition) is 1. The van der Waals surface area contributed by atoms with Crippen LogP contribution in [0.4, 0.5) is 10.5 Å². The van der Waals surface area contributed by atoms with Gasteiger partial charge in [-0.3, -0.25) is 19.8 Å². The van der Waals surface area contributed by atoms with Gasteiger partial charge in [0.05, 0.1) is 0 Å². The number of amides is 4. The van der Waals surface area contributed by atoms with Crippen molar-refractivity contribution in [2.75, 3.05) is 36.5 Å². The summed E-state index contributed by atoms with van der Waals surface area (Å²) < 4.78 is 0. The van der Waals surface area contributed by atoms with Crippen LogP contribution >= 0.6 is 11.8 Å². The van der Waals surface area contributed by atoms with Gasteiger partial charge in [0.15, 0.2) is 0 Å². The van der Waals surface area contributed by atoms with Crippen LogP contribution in [0.15, 0.2) is 24.3 Å². The van der Waals surface area contributed by atoms with Gasteiger partial charge in [-0.2, -0.15) is 11.8 Å². The summed E-state index contributed by atoms with van der Waals surface area (Å²) in [7, 11) is 0. The van der Waals surface area contributed by atoms with Crippen molar-refractivity contribution in [3.8, 4) is 0 Å². The molecule has 1 aromatic rings. The van der Waals surface area contributed by atoms with E-state index in [0.29, 0.717) is 17.2 Å². The molecule has 0 radical (unpaired) electrons. The molecule has 0 unspecified atom stereocenters. The van der Waals surface area contributed by atoms with E-state index in [9.17, 15) is 14.4 Å². The molecule has 2 fully saturated rings. The summed E-state index contributed by atoms with van der Waals surface area (Å²) in [6.07, 6.45) is 4.32. The van der Waals surface area contributed by atoms with Crippen LogP contribution in [0.3, 0.4) is 0 Å². The Balaban J connectivity index is 1.68. The molecule has 0 saturated carbocycles. The lowest BCUT2D eigenvalue weighted by Crippen LogP contribution is -2.40. The Labute approximate surface area is 145 Å². The number of nitrogens with one attached hydrogen (secondary N) is 1. The highest BCUT2D eigenvalue weighted by atomic mass is 32.2. The number of thioether (sulfide) groups is 1. The van der Waals surface area contributed by atoms with Crippen molar-refractivity contribution in [1.29, 1.82) is 0 Å². The van der Waals surface area contributed by atoms with Crippen LogP contribution < -0.4 is 10.2 Å². The topological polar surface area (TPSA) is 69.7 Å². The number of carbonyl (C=O) groups is 3. The minimum atomic E-state index is -0.421. The van der Waals surface area contributed by atoms with Crippen molar-refractivity contribution >= 4 is 35.3 Å². The van der Waals surface area contributed by atoms with Crippen molar-refractivity contribution in [3.63, 3.8) is 0 Å². The summed E-state index contributed by atoms with van der Waals surface area (Å²) in [5.41, 5.74) is 1.24. The van der Waals surface area contributed by atoms with Crippen LogP contribution in [0.2, 0.25) is 0 Å². The summed E-state index contributed by atoms with van der Waals surface area (Å²) >= 11 is 1.83. The maximum absolute atomic E-state index is 12.7. The number of hydrogen-bond acceptors (Lipinski definition) is 4. The van der Waals surface area contributed by atoms with Crippen LogP contribution in [-0.4, -0.2) is 54.4 Å². The Hall–Kier alpha value is -2.02. The van der Waals surface area contributed by atoms with Crippen LogP contribution in [0.5, 0.6) is 0 Å². The number of anilines is 1. The predicted octanol–water partition coefficient (Wildman–Crippen LogP) is 1.96. The number of likely N-dealkylation sites (tertiary alicyclic amines) is 1. The summed E-state index contributed by atoms with van der Waals surface area (Å²) in [4.78, 5) is 38.9. The molecule has 0 aliphatic carbocycles. The minimum Gasteiger partial charge on any atom is -0.338 e. The second-order valence-corrected chi connectivity index (χ2v) is 7.11. The zero-order valence-corrected chi connectivity index (χ0v) is 14.5. The number of carbonyl (C=O) groups excluding carboxylic acids is 3. The Kier molecular flexibility index (Phi) is 5.08. The Morgan fingerprint density at radius 2 is 2.04 bits per heavy atom. The second-order valence-electron chi connectivity index (χ2n) is 6.20. The SMILES string of the molecule is CSC[C@H]1CCCN(C(=O)c2ccc(N3CC(=O)NC3=O)cc2)C1. The molecule has 2 saturated heterocycles. The summed E-state index contributed by atoms with van der Waals surface area (Å²) in [5.74, 6) is 1.37. The maximum Gasteiger partial charge on any atom is 0.329 e. The number of piperidine rings is 1. The van der Waals surface area contributed by atoms with Gasteiger partial charge in [0.25, 0.3) is 5.91 Å². The van der Waals surface area contributed by atoms with Gasteiger partial charge in [0.1, 0.15) is 6.54 Å². The smallest absolute Gasteiger partial charge is 0.329 e.